The van der Waals surface area contributed by atoms with Crippen LogP contribution in [0.15, 0.2) is 41.8 Å². The molecule has 8 heteroatoms. The molecule has 0 bridgehead atoms. The summed E-state index contributed by atoms with van der Waals surface area (Å²) in [6.45, 7) is 6.16. The number of carbonyl (C=O) groups excluding carboxylic acids is 1. The fraction of sp³-hybridized carbons (Fsp3) is 0.438. The Hall–Kier alpha value is -1.74. The van der Waals surface area contributed by atoms with Crippen LogP contribution in [0.25, 0.3) is 0 Å². The number of rotatable bonds is 12. The van der Waals surface area contributed by atoms with Crippen molar-refractivity contribution >= 4 is 16.1 Å². The summed E-state index contributed by atoms with van der Waals surface area (Å²) in [4.78, 5) is 10.9. The van der Waals surface area contributed by atoms with E-state index in [1.165, 1.54) is 12.1 Å². The number of benzene rings is 1. The Morgan fingerprint density at radius 1 is 1.00 bits per heavy atom. The Morgan fingerprint density at radius 3 is 2.12 bits per heavy atom. The highest BCUT2D eigenvalue weighted by Gasteiger charge is 2.14. The Bertz CT molecular complexity index is 608. The molecule has 134 valence electrons. The minimum absolute atomic E-state index is 0.0762. The van der Waals surface area contributed by atoms with Crippen LogP contribution in [0.5, 0.6) is 0 Å². The van der Waals surface area contributed by atoms with E-state index in [1.54, 1.807) is 12.1 Å². The average molecular weight is 358 g/mol. The second kappa shape index (κ2) is 10.9. The molecular weight excluding hydrogens is 336 g/mol. The van der Waals surface area contributed by atoms with Gasteiger partial charge in [-0.1, -0.05) is 24.3 Å². The molecule has 0 radical (unpaired) electrons. The maximum Gasteiger partial charge on any atom is 0.330 e. The third kappa shape index (κ3) is 8.21. The summed E-state index contributed by atoms with van der Waals surface area (Å²) in [6, 6.07) is 6.41. The van der Waals surface area contributed by atoms with Gasteiger partial charge in [0.1, 0.15) is 6.61 Å². The lowest BCUT2D eigenvalue weighted by Gasteiger charge is -2.07. The van der Waals surface area contributed by atoms with Crippen LogP contribution in [0, 0.1) is 6.92 Å². The van der Waals surface area contributed by atoms with Crippen molar-refractivity contribution in [2.24, 2.45) is 0 Å². The minimum atomic E-state index is -3.76. The zero-order valence-electron chi connectivity index (χ0n) is 13.6. The van der Waals surface area contributed by atoms with Gasteiger partial charge in [-0.2, -0.15) is 8.42 Å². The normalized spacial score (nSPS) is 11.2. The van der Waals surface area contributed by atoms with Gasteiger partial charge in [-0.3, -0.25) is 4.18 Å². The molecule has 7 nitrogen and oxygen atoms in total. The van der Waals surface area contributed by atoms with Crippen molar-refractivity contribution in [3.63, 3.8) is 0 Å². The second-order valence-corrected chi connectivity index (χ2v) is 6.30. The van der Waals surface area contributed by atoms with Gasteiger partial charge in [0.25, 0.3) is 10.1 Å². The van der Waals surface area contributed by atoms with E-state index >= 15 is 0 Å². The number of hydrogen-bond acceptors (Lipinski definition) is 7. The lowest BCUT2D eigenvalue weighted by atomic mass is 10.2. The molecule has 0 heterocycles. The zero-order chi connectivity index (χ0) is 17.8. The predicted octanol–water partition coefficient (Wildman–Crippen LogP) is 1.46. The summed E-state index contributed by atoms with van der Waals surface area (Å²) in [6.07, 6.45) is 1.08. The molecule has 0 spiro atoms. The Kier molecular flexibility index (Phi) is 9.24. The van der Waals surface area contributed by atoms with E-state index in [0.717, 1.165) is 11.6 Å². The van der Waals surface area contributed by atoms with Crippen molar-refractivity contribution < 1.29 is 31.6 Å². The van der Waals surface area contributed by atoms with E-state index in [4.69, 9.17) is 18.4 Å². The van der Waals surface area contributed by atoms with Crippen LogP contribution in [-0.4, -0.2) is 54.0 Å². The first-order valence-electron chi connectivity index (χ1n) is 7.36. The quantitative estimate of drug-likeness (QED) is 0.242. The number of hydrogen-bond donors (Lipinski definition) is 0. The molecule has 0 aliphatic carbocycles. The maximum atomic E-state index is 11.9. The van der Waals surface area contributed by atoms with Crippen LogP contribution in [0.1, 0.15) is 5.56 Å². The largest absolute Gasteiger partial charge is 0.460 e. The van der Waals surface area contributed by atoms with E-state index in [2.05, 4.69) is 6.58 Å². The highest BCUT2D eigenvalue weighted by Crippen LogP contribution is 2.12. The number of esters is 1. The SMILES string of the molecule is C=CC(=O)OCCOCCOCCOS(=O)(=O)c1ccc(C)cc1. The molecule has 1 rings (SSSR count). The van der Waals surface area contributed by atoms with E-state index in [0.29, 0.717) is 6.61 Å². The molecule has 24 heavy (non-hydrogen) atoms. The first-order chi connectivity index (χ1) is 11.5. The van der Waals surface area contributed by atoms with Gasteiger partial charge >= 0.3 is 5.97 Å². The van der Waals surface area contributed by atoms with Crippen LogP contribution < -0.4 is 0 Å². The van der Waals surface area contributed by atoms with Gasteiger partial charge < -0.3 is 14.2 Å². The molecule has 0 aromatic heterocycles. The van der Waals surface area contributed by atoms with Crippen LogP contribution in [-0.2, 0) is 33.3 Å². The fourth-order valence-electron chi connectivity index (χ4n) is 1.56. The molecule has 1 aromatic carbocycles. The first-order valence-corrected chi connectivity index (χ1v) is 8.77. The fourth-order valence-corrected chi connectivity index (χ4v) is 2.45. The maximum absolute atomic E-state index is 11.9. The molecule has 0 atom stereocenters. The van der Waals surface area contributed by atoms with Crippen molar-refractivity contribution in [3.05, 3.63) is 42.5 Å². The summed E-state index contributed by atoms with van der Waals surface area (Å²) in [5.41, 5.74) is 0.969. The lowest BCUT2D eigenvalue weighted by molar-refractivity contribution is -0.139. The first kappa shape index (κ1) is 20.3. The predicted molar refractivity (Wildman–Crippen MR) is 87.1 cm³/mol. The molecule has 1 aromatic rings. The van der Waals surface area contributed by atoms with Gasteiger partial charge in [0.2, 0.25) is 0 Å². The van der Waals surface area contributed by atoms with Crippen molar-refractivity contribution in [3.8, 4) is 0 Å². The van der Waals surface area contributed by atoms with Gasteiger partial charge in [0.15, 0.2) is 0 Å². The van der Waals surface area contributed by atoms with Gasteiger partial charge in [0.05, 0.1) is 37.9 Å². The van der Waals surface area contributed by atoms with Crippen LogP contribution in [0.3, 0.4) is 0 Å². The molecule has 0 saturated carbocycles. The monoisotopic (exact) mass is 358 g/mol. The minimum Gasteiger partial charge on any atom is -0.460 e. The molecule has 0 saturated heterocycles. The zero-order valence-corrected chi connectivity index (χ0v) is 14.4. The highest BCUT2D eigenvalue weighted by molar-refractivity contribution is 7.86. The van der Waals surface area contributed by atoms with Crippen LogP contribution in [0.2, 0.25) is 0 Å². The summed E-state index contributed by atoms with van der Waals surface area (Å²) < 4.78 is 43.7. The van der Waals surface area contributed by atoms with Gasteiger partial charge in [-0.15, -0.1) is 0 Å². The third-order valence-corrected chi connectivity index (χ3v) is 4.11. The average Bonchev–Trinajstić information content (AvgIpc) is 2.56. The van der Waals surface area contributed by atoms with Gasteiger partial charge in [-0.05, 0) is 19.1 Å². The second-order valence-electron chi connectivity index (χ2n) is 4.69. The Balaban J connectivity index is 2.06. The van der Waals surface area contributed by atoms with Crippen molar-refractivity contribution in [2.75, 3.05) is 39.6 Å². The van der Waals surface area contributed by atoms with E-state index < -0.39 is 16.1 Å². The smallest absolute Gasteiger partial charge is 0.330 e. The molecular formula is C16H22O7S. The molecule has 0 fully saturated rings. The van der Waals surface area contributed by atoms with E-state index in [-0.39, 0.29) is 37.9 Å². The standard InChI is InChI=1S/C16H22O7S/c1-3-16(17)22-12-10-20-8-9-21-11-13-23-24(18,19)15-6-4-14(2)5-7-15/h3-7H,1,8-13H2,2H3. The molecule has 0 amide bonds. The van der Waals surface area contributed by atoms with Crippen LogP contribution >= 0.6 is 0 Å². The van der Waals surface area contributed by atoms with Gasteiger partial charge in [-0.25, -0.2) is 4.79 Å². The van der Waals surface area contributed by atoms with E-state index in [1.807, 2.05) is 6.92 Å². The topological polar surface area (TPSA) is 88.1 Å². The van der Waals surface area contributed by atoms with Crippen molar-refractivity contribution in [1.29, 1.82) is 0 Å². The summed E-state index contributed by atoms with van der Waals surface area (Å²) in [5, 5.41) is 0. The number of aryl methyl sites for hydroxylation is 1. The molecule has 0 aliphatic rings. The highest BCUT2D eigenvalue weighted by atomic mass is 32.2. The summed E-state index contributed by atoms with van der Waals surface area (Å²) >= 11 is 0. The third-order valence-electron chi connectivity index (χ3n) is 2.79. The van der Waals surface area contributed by atoms with Crippen LogP contribution in [0.4, 0.5) is 0 Å². The number of ether oxygens (including phenoxy) is 3. The van der Waals surface area contributed by atoms with Crippen molar-refractivity contribution in [1.82, 2.24) is 0 Å². The molecule has 0 unspecified atom stereocenters. The van der Waals surface area contributed by atoms with E-state index in [9.17, 15) is 13.2 Å². The Morgan fingerprint density at radius 2 is 1.54 bits per heavy atom. The lowest BCUT2D eigenvalue weighted by Crippen LogP contribution is -2.15. The summed E-state index contributed by atoms with van der Waals surface area (Å²) in [5.74, 6) is -0.498. The molecule has 0 N–H and O–H groups in total. The Labute approximate surface area is 142 Å². The van der Waals surface area contributed by atoms with Crippen molar-refractivity contribution in [2.45, 2.75) is 11.8 Å². The number of carbonyl (C=O) groups is 1. The summed E-state index contributed by atoms with van der Waals surface area (Å²) in [7, 11) is -3.76. The molecule has 0 aliphatic heterocycles. The van der Waals surface area contributed by atoms with Gasteiger partial charge in [0, 0.05) is 6.08 Å².